The predicted octanol–water partition coefficient (Wildman–Crippen LogP) is 1.95. The van der Waals surface area contributed by atoms with Gasteiger partial charge in [-0.15, -0.1) is 0 Å². The lowest BCUT2D eigenvalue weighted by molar-refractivity contribution is 0.0983. The third-order valence-electron chi connectivity index (χ3n) is 2.03. The van der Waals surface area contributed by atoms with Gasteiger partial charge in [0.2, 0.25) is 5.78 Å². The maximum absolute atomic E-state index is 11.8. The molecule has 80 valence electrons. The molecule has 0 unspecified atom stereocenters. The summed E-state index contributed by atoms with van der Waals surface area (Å²) in [6, 6.07) is 7.01. The fourth-order valence-corrected chi connectivity index (χ4v) is 2.05. The number of rotatable bonds is 4. The average Bonchev–Trinajstić information content (AvgIpc) is 2.16. The van der Waals surface area contributed by atoms with E-state index in [1.807, 2.05) is 12.5 Å². The lowest BCUT2D eigenvalue weighted by Crippen LogP contribution is -2.16. The van der Waals surface area contributed by atoms with Crippen molar-refractivity contribution >= 4 is 22.5 Å². The Morgan fingerprint density at radius 2 is 1.67 bits per heavy atom. The van der Waals surface area contributed by atoms with E-state index in [0.717, 1.165) is 0 Å². The van der Waals surface area contributed by atoms with E-state index in [1.165, 1.54) is 6.92 Å². The largest absolute Gasteiger partial charge is 0.294 e. The van der Waals surface area contributed by atoms with E-state index < -0.39 is 0 Å². The van der Waals surface area contributed by atoms with Gasteiger partial charge in [-0.3, -0.25) is 9.59 Å². The molecule has 0 saturated heterocycles. The van der Waals surface area contributed by atoms with Gasteiger partial charge in [0.15, 0.2) is 11.5 Å². The lowest BCUT2D eigenvalue weighted by atomic mass is 10.0. The Morgan fingerprint density at radius 1 is 1.13 bits per heavy atom. The Labute approximate surface area is 93.0 Å². The third kappa shape index (κ3) is 3.20. The van der Waals surface area contributed by atoms with Gasteiger partial charge >= 0.3 is 0 Å². The molecule has 0 amide bonds. The van der Waals surface area contributed by atoms with Gasteiger partial charge in [-0.25, -0.2) is 0 Å². The monoisotopic (exact) mass is 223 g/mol. The van der Waals surface area contributed by atoms with Crippen LogP contribution in [-0.4, -0.2) is 29.8 Å². The normalized spacial score (nSPS) is 10.4. The molecule has 0 fully saturated rings. The van der Waals surface area contributed by atoms with Crippen molar-refractivity contribution in [2.75, 3.05) is 18.3 Å². The maximum Gasteiger partial charge on any atom is 0.212 e. The summed E-state index contributed by atoms with van der Waals surface area (Å²) < 4.78 is 0. The summed E-state index contributed by atoms with van der Waals surface area (Å²) in [5, 5.41) is 0. The zero-order chi connectivity index (χ0) is 11.4. The van der Waals surface area contributed by atoms with Gasteiger partial charge in [-0.05, 0) is 17.8 Å². The number of ketones is 2. The minimum Gasteiger partial charge on any atom is -0.294 e. The Bertz CT molecular complexity index is 383. The van der Waals surface area contributed by atoms with E-state index in [9.17, 15) is 9.59 Å². The van der Waals surface area contributed by atoms with Crippen molar-refractivity contribution in [2.45, 2.75) is 6.92 Å². The van der Waals surface area contributed by atoms with Crippen molar-refractivity contribution in [3.63, 3.8) is 0 Å². The highest BCUT2D eigenvalue weighted by Gasteiger charge is 2.18. The van der Waals surface area contributed by atoms with E-state index in [-0.39, 0.29) is 22.5 Å². The van der Waals surface area contributed by atoms with Crippen LogP contribution in [0.1, 0.15) is 27.6 Å². The first-order valence-corrected chi connectivity index (χ1v) is 6.90. The molecule has 3 heteroatoms. The van der Waals surface area contributed by atoms with Crippen LogP contribution in [0, 0.1) is 0 Å². The highest BCUT2D eigenvalue weighted by atomic mass is 32.2. The van der Waals surface area contributed by atoms with Gasteiger partial charge in [-0.1, -0.05) is 24.3 Å². The molecule has 0 bridgehead atoms. The molecule has 0 radical (unpaired) electrons. The topological polar surface area (TPSA) is 34.1 Å². The molecular formula is C12H15O2S+. The molecule has 0 heterocycles. The summed E-state index contributed by atoms with van der Waals surface area (Å²) in [7, 11) is 0.0715. The number of hydrogen-bond acceptors (Lipinski definition) is 2. The van der Waals surface area contributed by atoms with Crippen LogP contribution in [0.3, 0.4) is 0 Å². The third-order valence-corrected chi connectivity index (χ3v) is 2.87. The molecular weight excluding hydrogens is 208 g/mol. The molecule has 0 N–H and O–H groups in total. The highest BCUT2D eigenvalue weighted by molar-refractivity contribution is 7.96. The molecule has 0 spiro atoms. The summed E-state index contributed by atoms with van der Waals surface area (Å²) >= 11 is 0. The molecule has 1 aromatic rings. The first-order valence-electron chi connectivity index (χ1n) is 4.69. The van der Waals surface area contributed by atoms with Crippen LogP contribution in [0.5, 0.6) is 0 Å². The van der Waals surface area contributed by atoms with E-state index in [4.69, 9.17) is 0 Å². The van der Waals surface area contributed by atoms with Gasteiger partial charge in [0, 0.05) is 11.1 Å². The predicted molar refractivity (Wildman–Crippen MR) is 64.9 cm³/mol. The second-order valence-electron chi connectivity index (χ2n) is 3.65. The van der Waals surface area contributed by atoms with Crippen molar-refractivity contribution in [3.8, 4) is 0 Å². The van der Waals surface area contributed by atoms with E-state index in [1.54, 1.807) is 24.3 Å². The van der Waals surface area contributed by atoms with Gasteiger partial charge in [0.05, 0.1) is 12.5 Å². The van der Waals surface area contributed by atoms with Crippen molar-refractivity contribution in [3.05, 3.63) is 35.4 Å². The molecule has 1 aromatic carbocycles. The SMILES string of the molecule is CC(=O)c1ccccc1C(=O)C[S+](C)C. The van der Waals surface area contributed by atoms with Gasteiger partial charge < -0.3 is 0 Å². The summed E-state index contributed by atoms with van der Waals surface area (Å²) in [5.74, 6) is 0.532. The van der Waals surface area contributed by atoms with Gasteiger partial charge in [-0.2, -0.15) is 0 Å². The molecule has 0 aliphatic heterocycles. The quantitative estimate of drug-likeness (QED) is 0.577. The average molecular weight is 223 g/mol. The zero-order valence-electron chi connectivity index (χ0n) is 9.24. The van der Waals surface area contributed by atoms with Crippen LogP contribution in [0.25, 0.3) is 0 Å². The molecule has 1 rings (SSSR count). The lowest BCUT2D eigenvalue weighted by Gasteiger charge is -2.03. The number of carbonyl (C=O) groups excluding carboxylic acids is 2. The van der Waals surface area contributed by atoms with Crippen molar-refractivity contribution < 1.29 is 9.59 Å². The summed E-state index contributed by atoms with van der Waals surface area (Å²) in [4.78, 5) is 23.1. The number of benzene rings is 1. The molecule has 15 heavy (non-hydrogen) atoms. The first-order chi connectivity index (χ1) is 7.02. The summed E-state index contributed by atoms with van der Waals surface area (Å²) in [6.45, 7) is 1.49. The Balaban J connectivity index is 3.03. The van der Waals surface area contributed by atoms with Crippen LogP contribution in [-0.2, 0) is 10.9 Å². The fourth-order valence-electron chi connectivity index (χ4n) is 1.37. The Hall–Kier alpha value is -1.09. The fraction of sp³-hybridized carbons (Fsp3) is 0.333. The second kappa shape index (κ2) is 5.12. The standard InChI is InChI=1S/C12H15O2S/c1-9(13)10-6-4-5-7-11(10)12(14)8-15(2)3/h4-7H,8H2,1-3H3/q+1. The molecule has 0 saturated carbocycles. The number of hydrogen-bond donors (Lipinski definition) is 0. The van der Waals surface area contributed by atoms with Crippen molar-refractivity contribution in [1.29, 1.82) is 0 Å². The van der Waals surface area contributed by atoms with Crippen LogP contribution >= 0.6 is 0 Å². The smallest absolute Gasteiger partial charge is 0.212 e. The first kappa shape index (κ1) is 12.0. The zero-order valence-corrected chi connectivity index (χ0v) is 10.1. The van der Waals surface area contributed by atoms with E-state index >= 15 is 0 Å². The molecule has 0 aromatic heterocycles. The Kier molecular flexibility index (Phi) is 4.09. The van der Waals surface area contributed by atoms with Crippen LogP contribution in [0.2, 0.25) is 0 Å². The minimum atomic E-state index is -0.0500. The molecule has 2 nitrogen and oxygen atoms in total. The van der Waals surface area contributed by atoms with E-state index in [0.29, 0.717) is 16.9 Å². The molecule has 0 aliphatic rings. The van der Waals surface area contributed by atoms with E-state index in [2.05, 4.69) is 0 Å². The summed E-state index contributed by atoms with van der Waals surface area (Å²) in [6.07, 6.45) is 4.04. The molecule has 0 atom stereocenters. The highest BCUT2D eigenvalue weighted by Crippen LogP contribution is 2.11. The van der Waals surface area contributed by atoms with Gasteiger partial charge in [0.25, 0.3) is 0 Å². The number of Topliss-reactive ketones (excluding diaryl/α,β-unsaturated/α-hetero) is 2. The van der Waals surface area contributed by atoms with Gasteiger partial charge in [0.1, 0.15) is 0 Å². The summed E-state index contributed by atoms with van der Waals surface area (Å²) in [5.41, 5.74) is 1.10. The van der Waals surface area contributed by atoms with Crippen LogP contribution < -0.4 is 0 Å². The van der Waals surface area contributed by atoms with Crippen molar-refractivity contribution in [2.24, 2.45) is 0 Å². The number of carbonyl (C=O) groups is 2. The Morgan fingerprint density at radius 3 is 2.13 bits per heavy atom. The van der Waals surface area contributed by atoms with Crippen molar-refractivity contribution in [1.82, 2.24) is 0 Å². The minimum absolute atomic E-state index is 0.0500. The van der Waals surface area contributed by atoms with Crippen LogP contribution in [0.15, 0.2) is 24.3 Å². The van der Waals surface area contributed by atoms with Crippen LogP contribution in [0.4, 0.5) is 0 Å². The molecule has 0 aliphatic carbocycles. The maximum atomic E-state index is 11.8. The second-order valence-corrected chi connectivity index (χ2v) is 5.91.